The summed E-state index contributed by atoms with van der Waals surface area (Å²) in [5.74, 6) is 0.505. The van der Waals surface area contributed by atoms with E-state index >= 15 is 0 Å². The lowest BCUT2D eigenvalue weighted by atomic mass is 10.3. The van der Waals surface area contributed by atoms with E-state index in [4.69, 9.17) is 34.3 Å². The van der Waals surface area contributed by atoms with Crippen LogP contribution >= 0.6 is 35.2 Å². The number of ether oxygens (including phenoxy) is 1. The monoisotopic (exact) mass is 391 g/mol. The Morgan fingerprint density at radius 2 is 1.92 bits per heavy atom. The maximum absolute atomic E-state index is 12.6. The fourth-order valence-corrected chi connectivity index (χ4v) is 3.70. The molecule has 3 rings (SSSR count). The van der Waals surface area contributed by atoms with Gasteiger partial charge in [0.2, 0.25) is 0 Å². The fraction of sp³-hybridized carbons (Fsp3) is 0.0588. The summed E-state index contributed by atoms with van der Waals surface area (Å²) in [5, 5.41) is 3.41. The van der Waals surface area contributed by atoms with Gasteiger partial charge in [-0.2, -0.15) is 0 Å². The van der Waals surface area contributed by atoms with E-state index in [1.807, 2.05) is 12.1 Å². The molecule has 0 fully saturated rings. The minimum Gasteiger partial charge on any atom is -0.495 e. The second kappa shape index (κ2) is 7.26. The summed E-state index contributed by atoms with van der Waals surface area (Å²) < 4.78 is 7.36. The average molecular weight is 392 g/mol. The molecule has 8 heteroatoms. The number of hydrogen-bond acceptors (Lipinski definition) is 5. The largest absolute Gasteiger partial charge is 0.495 e. The number of nitrogens with one attached hydrogen (secondary N) is 1. The first-order chi connectivity index (χ1) is 12.0. The summed E-state index contributed by atoms with van der Waals surface area (Å²) in [6.45, 7) is 0. The first kappa shape index (κ1) is 17.5. The number of carbonyl (C=O) groups excluding carboxylic acids is 1. The van der Waals surface area contributed by atoms with Gasteiger partial charge in [-0.1, -0.05) is 35.1 Å². The predicted octanol–water partition coefficient (Wildman–Crippen LogP) is 4.76. The Morgan fingerprint density at radius 3 is 2.60 bits per heavy atom. The lowest BCUT2D eigenvalue weighted by molar-refractivity contribution is 0.103. The van der Waals surface area contributed by atoms with Gasteiger partial charge in [-0.3, -0.25) is 9.36 Å². The van der Waals surface area contributed by atoms with Crippen LogP contribution in [0.5, 0.6) is 5.75 Å². The van der Waals surface area contributed by atoms with Gasteiger partial charge in [0.1, 0.15) is 16.4 Å². The molecule has 0 saturated heterocycles. The predicted molar refractivity (Wildman–Crippen MR) is 105 cm³/mol. The molecule has 0 atom stereocenters. The van der Waals surface area contributed by atoms with Crippen molar-refractivity contribution in [2.75, 3.05) is 18.2 Å². The Labute approximate surface area is 158 Å². The molecule has 3 aromatic rings. The number of aromatic nitrogens is 1. The third kappa shape index (κ3) is 3.53. The molecule has 0 unspecified atom stereocenters. The van der Waals surface area contributed by atoms with E-state index in [-0.39, 0.29) is 11.7 Å². The van der Waals surface area contributed by atoms with Gasteiger partial charge in [-0.15, -0.1) is 0 Å². The number of methoxy groups -OCH3 is 1. The van der Waals surface area contributed by atoms with E-state index in [1.165, 1.54) is 0 Å². The maximum atomic E-state index is 12.6. The summed E-state index contributed by atoms with van der Waals surface area (Å²) >= 11 is 12.4. The molecule has 1 aromatic heterocycles. The minimum absolute atomic E-state index is 0.282. The molecule has 2 aromatic carbocycles. The number of carbonyl (C=O) groups is 1. The number of halogens is 1. The molecule has 0 bridgehead atoms. The molecule has 0 radical (unpaired) electrons. The summed E-state index contributed by atoms with van der Waals surface area (Å²) in [6.07, 6.45) is 0. The van der Waals surface area contributed by atoms with E-state index in [9.17, 15) is 4.79 Å². The molecule has 0 aliphatic carbocycles. The third-order valence-corrected chi connectivity index (χ3v) is 5.13. The number of thiazole rings is 1. The normalized spacial score (nSPS) is 10.5. The van der Waals surface area contributed by atoms with Crippen LogP contribution in [-0.4, -0.2) is 17.6 Å². The lowest BCUT2D eigenvalue weighted by Gasteiger charge is -2.10. The Bertz CT molecular complexity index is 980. The molecule has 0 aliphatic heterocycles. The number of nitrogen functional groups attached to an aromatic ring is 1. The number of nitrogens with zero attached hydrogens (tertiary/aromatic N) is 1. The first-order valence-electron chi connectivity index (χ1n) is 7.23. The van der Waals surface area contributed by atoms with E-state index in [2.05, 4.69) is 5.32 Å². The van der Waals surface area contributed by atoms with Gasteiger partial charge in [-0.25, -0.2) is 0 Å². The van der Waals surface area contributed by atoms with Crippen LogP contribution in [0.1, 0.15) is 9.67 Å². The molecule has 3 N–H and O–H groups in total. The summed E-state index contributed by atoms with van der Waals surface area (Å²) in [6, 6.07) is 14.2. The van der Waals surface area contributed by atoms with E-state index in [0.29, 0.717) is 25.3 Å². The number of nitrogens with two attached hydrogens (primary N) is 1. The minimum atomic E-state index is -0.342. The van der Waals surface area contributed by atoms with E-state index in [1.54, 1.807) is 48.1 Å². The van der Waals surface area contributed by atoms with Crippen molar-refractivity contribution in [1.82, 2.24) is 4.57 Å². The average Bonchev–Trinajstić information content (AvgIpc) is 2.91. The van der Waals surface area contributed by atoms with Gasteiger partial charge < -0.3 is 15.8 Å². The van der Waals surface area contributed by atoms with Gasteiger partial charge in [-0.05, 0) is 48.6 Å². The van der Waals surface area contributed by atoms with Crippen LogP contribution in [0.25, 0.3) is 5.69 Å². The van der Waals surface area contributed by atoms with Gasteiger partial charge in [0.25, 0.3) is 5.91 Å². The number of amides is 1. The summed E-state index contributed by atoms with van der Waals surface area (Å²) in [7, 11) is 1.54. The van der Waals surface area contributed by atoms with Crippen molar-refractivity contribution in [2.24, 2.45) is 0 Å². The molecule has 1 amide bonds. The molecule has 25 heavy (non-hydrogen) atoms. The zero-order chi connectivity index (χ0) is 18.0. The van der Waals surface area contributed by atoms with Crippen LogP contribution in [0.2, 0.25) is 5.02 Å². The third-order valence-electron chi connectivity index (χ3n) is 3.49. The lowest BCUT2D eigenvalue weighted by Crippen LogP contribution is -2.14. The smallest absolute Gasteiger partial charge is 0.269 e. The Kier molecular flexibility index (Phi) is 5.08. The van der Waals surface area contributed by atoms with Crippen molar-refractivity contribution in [3.63, 3.8) is 0 Å². The second-order valence-corrected chi connectivity index (χ2v) is 7.13. The van der Waals surface area contributed by atoms with Crippen molar-refractivity contribution in [3.05, 3.63) is 62.4 Å². The number of rotatable bonds is 4. The van der Waals surface area contributed by atoms with Crippen molar-refractivity contribution in [2.45, 2.75) is 0 Å². The molecule has 1 heterocycles. The summed E-state index contributed by atoms with van der Waals surface area (Å²) in [4.78, 5) is 13.0. The van der Waals surface area contributed by atoms with Crippen molar-refractivity contribution < 1.29 is 9.53 Å². The zero-order valence-electron chi connectivity index (χ0n) is 13.2. The van der Waals surface area contributed by atoms with Crippen LogP contribution in [0, 0.1) is 3.95 Å². The van der Waals surface area contributed by atoms with Crippen LogP contribution < -0.4 is 15.8 Å². The second-order valence-electron chi connectivity index (χ2n) is 5.05. The van der Waals surface area contributed by atoms with Crippen molar-refractivity contribution in [1.29, 1.82) is 0 Å². The van der Waals surface area contributed by atoms with Crippen LogP contribution in [0.3, 0.4) is 0 Å². The molecule has 5 nitrogen and oxygen atoms in total. The van der Waals surface area contributed by atoms with E-state index in [0.717, 1.165) is 17.0 Å². The highest BCUT2D eigenvalue weighted by Crippen LogP contribution is 2.29. The molecular weight excluding hydrogens is 378 g/mol. The highest BCUT2D eigenvalue weighted by Gasteiger charge is 2.19. The Balaban J connectivity index is 1.96. The first-order valence-corrected chi connectivity index (χ1v) is 8.83. The van der Waals surface area contributed by atoms with E-state index < -0.39 is 0 Å². The standard InChI is InChI=1S/C17H14ClN3O2S2/c1-23-13-5-3-2-4-12(13)20-16(22)14-15(19)21(17(24)25-14)11-8-6-10(18)7-9-11/h2-9H,19H2,1H3,(H,20,22). The highest BCUT2D eigenvalue weighted by atomic mass is 35.5. The molecular formula is C17H14ClN3O2S2. The molecule has 0 spiro atoms. The van der Waals surface area contributed by atoms with Gasteiger partial charge in [0.05, 0.1) is 12.8 Å². The SMILES string of the molecule is COc1ccccc1NC(=O)c1sc(=S)n(-c2ccc(Cl)cc2)c1N. The Morgan fingerprint density at radius 1 is 1.24 bits per heavy atom. The van der Waals surface area contributed by atoms with Crippen molar-refractivity contribution in [3.8, 4) is 11.4 Å². The summed E-state index contributed by atoms with van der Waals surface area (Å²) in [5.41, 5.74) is 7.49. The number of benzene rings is 2. The number of anilines is 2. The molecule has 0 aliphatic rings. The molecule has 128 valence electrons. The van der Waals surface area contributed by atoms with Gasteiger partial charge in [0, 0.05) is 10.7 Å². The molecule has 0 saturated carbocycles. The van der Waals surface area contributed by atoms with Crippen molar-refractivity contribution >= 4 is 52.6 Å². The maximum Gasteiger partial charge on any atom is 0.269 e. The number of hydrogen-bond donors (Lipinski definition) is 2. The zero-order valence-corrected chi connectivity index (χ0v) is 15.5. The van der Waals surface area contributed by atoms with Crippen LogP contribution in [0.15, 0.2) is 48.5 Å². The van der Waals surface area contributed by atoms with Gasteiger partial charge >= 0.3 is 0 Å². The fourth-order valence-electron chi connectivity index (χ4n) is 2.31. The Hall–Kier alpha value is -2.35. The van der Waals surface area contributed by atoms with Crippen LogP contribution in [0.4, 0.5) is 11.5 Å². The van der Waals surface area contributed by atoms with Gasteiger partial charge in [0.15, 0.2) is 3.95 Å². The number of para-hydroxylation sites is 2. The van der Waals surface area contributed by atoms with Crippen LogP contribution in [-0.2, 0) is 0 Å². The quantitative estimate of drug-likeness (QED) is 0.629. The topological polar surface area (TPSA) is 69.3 Å². The highest BCUT2D eigenvalue weighted by molar-refractivity contribution is 7.73.